The van der Waals surface area contributed by atoms with Gasteiger partial charge >= 0.3 is 12.3 Å². The van der Waals surface area contributed by atoms with Crippen molar-refractivity contribution in [2.45, 2.75) is 83.5 Å². The maximum absolute atomic E-state index is 13.1. The maximum Gasteiger partial charge on any atom is 0.416 e. The van der Waals surface area contributed by atoms with E-state index in [1.165, 1.54) is 6.07 Å². The summed E-state index contributed by atoms with van der Waals surface area (Å²) in [7, 11) is 0. The number of halogens is 3. The molecular formula is C26H33F3N4O3. The number of benzene rings is 1. The lowest BCUT2D eigenvalue weighted by atomic mass is 9.96. The Kier molecular flexibility index (Phi) is 7.33. The first-order valence-electron chi connectivity index (χ1n) is 12.5. The molecule has 2 aliphatic rings. The van der Waals surface area contributed by atoms with E-state index in [0.717, 1.165) is 61.8 Å². The van der Waals surface area contributed by atoms with Gasteiger partial charge in [0.05, 0.1) is 5.56 Å². The van der Waals surface area contributed by atoms with Crippen LogP contribution < -0.4 is 5.32 Å². The molecule has 1 amide bonds. The summed E-state index contributed by atoms with van der Waals surface area (Å²) in [6.45, 7) is 6.62. The minimum absolute atomic E-state index is 0.0294. The fraction of sp³-hybridized carbons (Fsp3) is 0.577. The van der Waals surface area contributed by atoms with Crippen LogP contribution in [0, 0.1) is 0 Å². The first-order valence-corrected chi connectivity index (χ1v) is 12.5. The van der Waals surface area contributed by atoms with E-state index in [2.05, 4.69) is 15.5 Å². The number of phenols is 1. The molecule has 1 aromatic heterocycles. The zero-order valence-electron chi connectivity index (χ0n) is 20.9. The molecule has 1 fully saturated rings. The molecule has 7 nitrogen and oxygen atoms in total. The van der Waals surface area contributed by atoms with E-state index in [1.807, 2.05) is 20.8 Å². The molecule has 0 spiro atoms. The number of amides is 1. The van der Waals surface area contributed by atoms with Gasteiger partial charge in [-0.25, -0.2) is 4.79 Å². The lowest BCUT2D eigenvalue weighted by molar-refractivity contribution is -0.137. The van der Waals surface area contributed by atoms with Crippen LogP contribution in [0.2, 0.25) is 0 Å². The number of carbonyl (C=O) groups excluding carboxylic acids is 1. The molecule has 0 bridgehead atoms. The van der Waals surface area contributed by atoms with Gasteiger partial charge in [-0.2, -0.15) is 13.2 Å². The molecule has 2 heterocycles. The van der Waals surface area contributed by atoms with Gasteiger partial charge in [0.2, 0.25) is 0 Å². The summed E-state index contributed by atoms with van der Waals surface area (Å²) >= 11 is 0. The second-order valence-corrected chi connectivity index (χ2v) is 10.6. The number of anilines is 1. The Hall–Kier alpha value is -3.04. The van der Waals surface area contributed by atoms with Crippen molar-refractivity contribution in [1.29, 1.82) is 0 Å². The zero-order chi connectivity index (χ0) is 26.1. The molecular weight excluding hydrogens is 473 g/mol. The molecule has 10 heteroatoms. The molecule has 0 saturated carbocycles. The second kappa shape index (κ2) is 10.1. The van der Waals surface area contributed by atoms with Gasteiger partial charge in [0, 0.05) is 30.3 Å². The van der Waals surface area contributed by atoms with Crippen LogP contribution in [-0.4, -0.2) is 51.0 Å². The fourth-order valence-corrected chi connectivity index (χ4v) is 4.85. The number of ether oxygens (including phenoxy) is 1. The monoisotopic (exact) mass is 506 g/mol. The number of phenolic OH excluding ortho intramolecular Hbond substituents is 1. The Morgan fingerprint density at radius 3 is 2.47 bits per heavy atom. The van der Waals surface area contributed by atoms with E-state index in [4.69, 9.17) is 4.74 Å². The highest BCUT2D eigenvalue weighted by molar-refractivity contribution is 5.73. The molecule has 1 aromatic carbocycles. The summed E-state index contributed by atoms with van der Waals surface area (Å²) in [4.78, 5) is 14.3. The van der Waals surface area contributed by atoms with Gasteiger partial charge in [0.15, 0.2) is 5.82 Å². The number of hydrogen-bond acceptors (Lipinski definition) is 6. The first kappa shape index (κ1) is 26.0. The minimum Gasteiger partial charge on any atom is -0.507 e. The Morgan fingerprint density at radius 2 is 1.81 bits per heavy atom. The number of alkyl halides is 3. The third-order valence-corrected chi connectivity index (χ3v) is 6.53. The number of piperidine rings is 1. The van der Waals surface area contributed by atoms with Gasteiger partial charge < -0.3 is 20.1 Å². The van der Waals surface area contributed by atoms with Crippen molar-refractivity contribution in [3.8, 4) is 17.0 Å². The van der Waals surface area contributed by atoms with E-state index < -0.39 is 23.1 Å². The largest absolute Gasteiger partial charge is 0.507 e. The maximum atomic E-state index is 13.1. The van der Waals surface area contributed by atoms with Gasteiger partial charge in [-0.1, -0.05) is 6.42 Å². The number of rotatable bonds is 3. The Labute approximate surface area is 209 Å². The molecule has 1 aliphatic carbocycles. The number of aromatic nitrogens is 2. The van der Waals surface area contributed by atoms with Crippen LogP contribution >= 0.6 is 0 Å². The smallest absolute Gasteiger partial charge is 0.416 e. The summed E-state index contributed by atoms with van der Waals surface area (Å²) in [6, 6.07) is 2.93. The Morgan fingerprint density at radius 1 is 1.08 bits per heavy atom. The molecule has 2 N–H and O–H groups in total. The predicted octanol–water partition coefficient (Wildman–Crippen LogP) is 5.95. The summed E-state index contributed by atoms with van der Waals surface area (Å²) in [5.74, 6) is 0.171. The average Bonchev–Trinajstić information content (AvgIpc) is 3.05. The average molecular weight is 507 g/mol. The Bertz CT molecular complexity index is 1110. The van der Waals surface area contributed by atoms with Gasteiger partial charge in [0.1, 0.15) is 17.0 Å². The van der Waals surface area contributed by atoms with Crippen LogP contribution in [0.5, 0.6) is 5.75 Å². The van der Waals surface area contributed by atoms with Crippen molar-refractivity contribution >= 4 is 11.9 Å². The van der Waals surface area contributed by atoms with Crippen molar-refractivity contribution in [1.82, 2.24) is 15.1 Å². The fourth-order valence-electron chi connectivity index (χ4n) is 4.85. The molecule has 2 aromatic rings. The highest BCUT2D eigenvalue weighted by Gasteiger charge is 2.32. The molecule has 1 saturated heterocycles. The van der Waals surface area contributed by atoms with E-state index in [9.17, 15) is 23.1 Å². The molecule has 1 atom stereocenters. The summed E-state index contributed by atoms with van der Waals surface area (Å²) in [5.41, 5.74) is 1.07. The number of nitrogens with one attached hydrogen (secondary N) is 1. The topological polar surface area (TPSA) is 87.6 Å². The number of hydrogen-bond donors (Lipinski definition) is 2. The van der Waals surface area contributed by atoms with Crippen LogP contribution in [0.25, 0.3) is 11.3 Å². The number of likely N-dealkylation sites (tertiary alicyclic amines) is 1. The third kappa shape index (κ3) is 6.02. The normalized spacial score (nSPS) is 18.8. The van der Waals surface area contributed by atoms with Crippen LogP contribution in [0.4, 0.5) is 23.8 Å². The first-order chi connectivity index (χ1) is 16.9. The molecule has 0 unspecified atom stereocenters. The lowest BCUT2D eigenvalue weighted by Gasteiger charge is -2.35. The van der Waals surface area contributed by atoms with E-state index in [1.54, 1.807) is 4.90 Å². The van der Waals surface area contributed by atoms with Crippen LogP contribution in [0.3, 0.4) is 0 Å². The molecule has 1 aliphatic heterocycles. The van der Waals surface area contributed by atoms with Gasteiger partial charge in [-0.05, 0) is 83.1 Å². The molecule has 4 rings (SSSR count). The van der Waals surface area contributed by atoms with Gasteiger partial charge in [-0.15, -0.1) is 10.2 Å². The molecule has 36 heavy (non-hydrogen) atoms. The summed E-state index contributed by atoms with van der Waals surface area (Å²) < 4.78 is 44.8. The standard InChI is InChI=1S/C26H33F3N4O3/c1-25(2,3)36-24(35)33-13-7-8-17(15-33)30-23-19-10-6-4-5-9-18(19)22(31-32-23)20-12-11-16(14-21(20)34)26(27,28)29/h11-12,14,17,34H,4-10,13,15H2,1-3H3,(H,30,32)/t17-/m1/s1. The SMILES string of the molecule is CC(C)(C)OC(=O)N1CCC[C@@H](Nc2nnc(-c3ccc(C(F)(F)F)cc3O)c3c2CCCCC3)C1. The van der Waals surface area contributed by atoms with Gasteiger partial charge in [-0.3, -0.25) is 0 Å². The minimum atomic E-state index is -4.54. The highest BCUT2D eigenvalue weighted by Crippen LogP contribution is 2.39. The number of nitrogens with zero attached hydrogens (tertiary/aromatic N) is 3. The zero-order valence-corrected chi connectivity index (χ0v) is 20.9. The van der Waals surface area contributed by atoms with Gasteiger partial charge in [0.25, 0.3) is 0 Å². The predicted molar refractivity (Wildman–Crippen MR) is 130 cm³/mol. The highest BCUT2D eigenvalue weighted by atomic mass is 19.4. The Balaban J connectivity index is 1.61. The number of fused-ring (bicyclic) bond motifs is 1. The number of carbonyl (C=O) groups is 1. The van der Waals surface area contributed by atoms with Crippen molar-refractivity contribution in [3.05, 3.63) is 34.9 Å². The van der Waals surface area contributed by atoms with Crippen molar-refractivity contribution < 1.29 is 27.8 Å². The van der Waals surface area contributed by atoms with Crippen LogP contribution in [0.15, 0.2) is 18.2 Å². The summed E-state index contributed by atoms with van der Waals surface area (Å²) in [5, 5.41) is 22.7. The quantitative estimate of drug-likeness (QED) is 0.501. The van der Waals surface area contributed by atoms with Crippen LogP contribution in [-0.2, 0) is 23.8 Å². The third-order valence-electron chi connectivity index (χ3n) is 6.53. The van der Waals surface area contributed by atoms with E-state index in [-0.39, 0.29) is 17.7 Å². The second-order valence-electron chi connectivity index (χ2n) is 10.6. The van der Waals surface area contributed by atoms with E-state index >= 15 is 0 Å². The molecule has 196 valence electrons. The molecule has 0 radical (unpaired) electrons. The summed E-state index contributed by atoms with van der Waals surface area (Å²) in [6.07, 6.45) is 1.15. The van der Waals surface area contributed by atoms with E-state index in [0.29, 0.717) is 31.0 Å². The lowest BCUT2D eigenvalue weighted by Crippen LogP contribution is -2.47. The van der Waals surface area contributed by atoms with Crippen molar-refractivity contribution in [2.75, 3.05) is 18.4 Å². The van der Waals surface area contributed by atoms with Crippen LogP contribution in [0.1, 0.15) is 69.6 Å². The number of aromatic hydroxyl groups is 1. The van der Waals surface area contributed by atoms with Crippen molar-refractivity contribution in [3.63, 3.8) is 0 Å². The van der Waals surface area contributed by atoms with Crippen molar-refractivity contribution in [2.24, 2.45) is 0 Å².